The normalized spacial score (nSPS) is 18.7. The Kier molecular flexibility index (Phi) is 8.44. The first-order valence-corrected chi connectivity index (χ1v) is 13.1. The predicted octanol–water partition coefficient (Wildman–Crippen LogP) is 1.20. The third-order valence-corrected chi connectivity index (χ3v) is 8.11. The highest BCUT2D eigenvalue weighted by atomic mass is 28.4. The van der Waals surface area contributed by atoms with Gasteiger partial charge in [0.1, 0.15) is 11.6 Å². The van der Waals surface area contributed by atoms with E-state index in [2.05, 4.69) is 5.32 Å². The van der Waals surface area contributed by atoms with Crippen LogP contribution in [-0.4, -0.2) is 64.8 Å². The predicted molar refractivity (Wildman–Crippen MR) is 121 cm³/mol. The van der Waals surface area contributed by atoms with Crippen molar-refractivity contribution in [3.8, 4) is 0 Å². The number of likely N-dealkylation sites (tertiary alicyclic amines) is 1. The minimum atomic E-state index is -4.11. The Morgan fingerprint density at radius 1 is 1.25 bits per heavy atom. The molecule has 1 aliphatic heterocycles. The van der Waals surface area contributed by atoms with Crippen LogP contribution in [0.3, 0.4) is 0 Å². The second-order valence-electron chi connectivity index (χ2n) is 9.47. The van der Waals surface area contributed by atoms with Crippen LogP contribution in [0.25, 0.3) is 0 Å². The summed E-state index contributed by atoms with van der Waals surface area (Å²) in [5.41, 5.74) is 4.44. The van der Waals surface area contributed by atoms with E-state index in [0.29, 0.717) is 19.4 Å². The molecular weight excluding hydrogens is 430 g/mol. The Balaban J connectivity index is 2.21. The molecule has 0 bridgehead atoms. The van der Waals surface area contributed by atoms with E-state index in [1.807, 2.05) is 30.3 Å². The molecule has 1 saturated heterocycles. The number of ether oxygens (including phenoxy) is 1. The molecule has 0 aromatic heterocycles. The molecular formula is C22H35N3O6Si. The summed E-state index contributed by atoms with van der Waals surface area (Å²) in [6.07, 6.45) is 0.691. The summed E-state index contributed by atoms with van der Waals surface area (Å²) in [7, 11) is -4.11. The number of amides is 3. The molecule has 1 fully saturated rings. The van der Waals surface area contributed by atoms with E-state index in [1.54, 1.807) is 20.8 Å². The van der Waals surface area contributed by atoms with Crippen molar-refractivity contribution in [1.82, 2.24) is 10.2 Å². The molecule has 1 aromatic rings. The molecule has 1 heterocycles. The highest BCUT2D eigenvalue weighted by Crippen LogP contribution is 2.23. The molecule has 0 radical (unpaired) electrons. The highest BCUT2D eigenvalue weighted by molar-refractivity contribution is 6.67. The zero-order chi connectivity index (χ0) is 24.1. The molecule has 3 atom stereocenters. The van der Waals surface area contributed by atoms with Crippen molar-refractivity contribution in [2.45, 2.75) is 70.3 Å². The average molecular weight is 466 g/mol. The molecule has 3 amide bonds. The molecule has 0 aliphatic carbocycles. The maximum absolute atomic E-state index is 13.1. The van der Waals surface area contributed by atoms with Crippen molar-refractivity contribution in [3.05, 3.63) is 35.9 Å². The summed E-state index contributed by atoms with van der Waals surface area (Å²) in [6, 6.07) is 8.15. The van der Waals surface area contributed by atoms with Crippen molar-refractivity contribution in [2.24, 2.45) is 11.7 Å². The minimum absolute atomic E-state index is 0.177. The van der Waals surface area contributed by atoms with E-state index in [0.717, 1.165) is 5.56 Å². The number of rotatable bonds is 8. The molecule has 10 heteroatoms. The van der Waals surface area contributed by atoms with Gasteiger partial charge >= 0.3 is 14.7 Å². The summed E-state index contributed by atoms with van der Waals surface area (Å²) in [5, 5.41) is 2.76. The Bertz CT molecular complexity index is 812. The third-order valence-electron chi connectivity index (χ3n) is 5.43. The monoisotopic (exact) mass is 465 g/mol. The zero-order valence-electron chi connectivity index (χ0n) is 19.2. The summed E-state index contributed by atoms with van der Waals surface area (Å²) in [4.78, 5) is 60.5. The fourth-order valence-corrected chi connectivity index (χ4v) is 6.04. The van der Waals surface area contributed by atoms with Crippen LogP contribution in [0.1, 0.15) is 46.1 Å². The average Bonchev–Trinajstić information content (AvgIpc) is 3.16. The first-order valence-electron chi connectivity index (χ1n) is 10.9. The molecule has 1 aromatic carbocycles. The summed E-state index contributed by atoms with van der Waals surface area (Å²) < 4.78 is 5.41. The van der Waals surface area contributed by atoms with E-state index in [1.165, 1.54) is 11.8 Å². The second-order valence-corrected chi connectivity index (χ2v) is 12.3. The van der Waals surface area contributed by atoms with E-state index < -0.39 is 49.7 Å². The van der Waals surface area contributed by atoms with Crippen molar-refractivity contribution in [2.75, 3.05) is 6.54 Å². The van der Waals surface area contributed by atoms with Gasteiger partial charge < -0.3 is 25.4 Å². The topological polar surface area (TPSA) is 142 Å². The lowest BCUT2D eigenvalue weighted by Gasteiger charge is -2.33. The smallest absolute Gasteiger partial charge is 0.410 e. The van der Waals surface area contributed by atoms with Gasteiger partial charge in [-0.15, -0.1) is 0 Å². The van der Waals surface area contributed by atoms with Crippen LogP contribution in [0.5, 0.6) is 0 Å². The van der Waals surface area contributed by atoms with Gasteiger partial charge in [-0.2, -0.15) is 0 Å². The molecule has 0 unspecified atom stereocenters. The number of nitrogens with one attached hydrogen (secondary N) is 1. The lowest BCUT2D eigenvalue weighted by molar-refractivity contribution is -0.126. The van der Waals surface area contributed by atoms with E-state index in [4.69, 9.17) is 10.5 Å². The standard InChI is InChI=1S/C22H35N3O6Si/c1-15(19(23)26)14-32(29,30)18(13-16-9-6-5-7-10-16)24-20(27)17-11-8-12-25(17)21(28)31-22(2,3)4/h5-7,9-10,15,17-18,29-30H,8,11-14H2,1-4H3,(H2,23,26)(H,24,27)/t15-,17+,18-/m1/s1. The van der Waals surface area contributed by atoms with Gasteiger partial charge in [-0.25, -0.2) is 4.79 Å². The van der Waals surface area contributed by atoms with Crippen molar-refractivity contribution in [1.29, 1.82) is 0 Å². The molecule has 2 rings (SSSR count). The highest BCUT2D eigenvalue weighted by Gasteiger charge is 2.45. The van der Waals surface area contributed by atoms with E-state index in [-0.39, 0.29) is 12.5 Å². The van der Waals surface area contributed by atoms with Gasteiger partial charge in [0.05, 0.1) is 5.67 Å². The maximum atomic E-state index is 13.1. The van der Waals surface area contributed by atoms with Gasteiger partial charge in [-0.3, -0.25) is 14.5 Å². The fraction of sp³-hybridized carbons (Fsp3) is 0.591. The molecule has 178 valence electrons. The van der Waals surface area contributed by atoms with Gasteiger partial charge in [0.15, 0.2) is 0 Å². The van der Waals surface area contributed by atoms with Crippen molar-refractivity contribution >= 4 is 26.5 Å². The van der Waals surface area contributed by atoms with Crippen LogP contribution in [0.15, 0.2) is 30.3 Å². The molecule has 1 aliphatic rings. The van der Waals surface area contributed by atoms with E-state index >= 15 is 0 Å². The molecule has 5 N–H and O–H groups in total. The van der Waals surface area contributed by atoms with Crippen LogP contribution in [-0.2, 0) is 20.7 Å². The van der Waals surface area contributed by atoms with Crippen LogP contribution < -0.4 is 11.1 Å². The zero-order valence-corrected chi connectivity index (χ0v) is 20.2. The number of nitrogens with two attached hydrogens (primary N) is 1. The van der Waals surface area contributed by atoms with Crippen LogP contribution in [0.4, 0.5) is 4.79 Å². The van der Waals surface area contributed by atoms with Gasteiger partial charge in [-0.05, 0) is 45.6 Å². The summed E-state index contributed by atoms with van der Waals surface area (Å²) in [5.74, 6) is -1.86. The van der Waals surface area contributed by atoms with Gasteiger partial charge in [0.2, 0.25) is 11.8 Å². The van der Waals surface area contributed by atoms with Gasteiger partial charge in [0, 0.05) is 18.5 Å². The van der Waals surface area contributed by atoms with Crippen LogP contribution >= 0.6 is 0 Å². The summed E-state index contributed by atoms with van der Waals surface area (Å²) >= 11 is 0. The van der Waals surface area contributed by atoms with Crippen molar-refractivity contribution in [3.63, 3.8) is 0 Å². The lowest BCUT2D eigenvalue weighted by Crippen LogP contribution is -2.62. The largest absolute Gasteiger partial charge is 0.444 e. The Morgan fingerprint density at radius 3 is 2.44 bits per heavy atom. The van der Waals surface area contributed by atoms with Gasteiger partial charge in [0.25, 0.3) is 0 Å². The molecule has 32 heavy (non-hydrogen) atoms. The number of benzene rings is 1. The fourth-order valence-electron chi connectivity index (χ4n) is 3.72. The molecule has 0 saturated carbocycles. The lowest BCUT2D eigenvalue weighted by atomic mass is 10.1. The second kappa shape index (κ2) is 10.5. The Labute approximate surface area is 190 Å². The maximum Gasteiger partial charge on any atom is 0.410 e. The number of carbonyl (C=O) groups excluding carboxylic acids is 3. The Hall–Kier alpha value is -2.43. The SMILES string of the molecule is C[C@H](C[Si](O)(O)[C@H](Cc1ccccc1)NC(=O)[C@@H]1CCCN1C(=O)OC(C)(C)C)C(N)=O. The number of nitrogens with zero attached hydrogens (tertiary/aromatic N) is 1. The quantitative estimate of drug-likeness (QED) is 0.425. The molecule has 9 nitrogen and oxygen atoms in total. The van der Waals surface area contributed by atoms with E-state index in [9.17, 15) is 24.0 Å². The Morgan fingerprint density at radius 2 is 1.88 bits per heavy atom. The van der Waals surface area contributed by atoms with Crippen molar-refractivity contribution < 1.29 is 28.7 Å². The summed E-state index contributed by atoms with van der Waals surface area (Å²) in [6.45, 7) is 7.17. The van der Waals surface area contributed by atoms with Crippen LogP contribution in [0, 0.1) is 5.92 Å². The first-order chi connectivity index (χ1) is 14.8. The number of primary amides is 1. The third kappa shape index (κ3) is 7.32. The molecule has 0 spiro atoms. The number of hydrogen-bond acceptors (Lipinski definition) is 6. The first kappa shape index (κ1) is 25.8. The van der Waals surface area contributed by atoms with Crippen LogP contribution in [0.2, 0.25) is 6.04 Å². The minimum Gasteiger partial charge on any atom is -0.444 e. The number of hydrogen-bond donors (Lipinski definition) is 4. The van der Waals surface area contributed by atoms with Gasteiger partial charge in [-0.1, -0.05) is 37.3 Å². The number of carbonyl (C=O) groups is 3.